The molecular weight excluding hydrogens is 397 g/mol. The summed E-state index contributed by atoms with van der Waals surface area (Å²) in [6.45, 7) is 0. The van der Waals surface area contributed by atoms with Gasteiger partial charge in [0.05, 0.1) is 15.6 Å². The van der Waals surface area contributed by atoms with Gasteiger partial charge in [-0.2, -0.15) is 8.42 Å². The second-order valence-corrected chi connectivity index (χ2v) is 6.34. The Balaban J connectivity index is 2.52. The van der Waals surface area contributed by atoms with E-state index >= 15 is 0 Å². The Bertz CT molecular complexity index is 967. The van der Waals surface area contributed by atoms with Crippen LogP contribution in [-0.4, -0.2) is 18.9 Å². The average molecular weight is 402 g/mol. The summed E-state index contributed by atoms with van der Waals surface area (Å²) in [7, 11) is -4.71. The van der Waals surface area contributed by atoms with Crippen molar-refractivity contribution in [1.29, 1.82) is 0 Å². The molecule has 0 fully saturated rings. The number of benzene rings is 2. The fourth-order valence-electron chi connectivity index (χ4n) is 1.75. The quantitative estimate of drug-likeness (QED) is 0.357. The molecule has 0 aliphatic heterocycles. The standard InChI is InChI=1S/C13H5ClF5NO4S/c14-5-2-1-4(25(22,23)24)3-6(5)20-13(21)7-8(15)10(17)12(19)11(18)9(7)16/h1-3H,(H,20,21)(H,22,23,24). The van der Waals surface area contributed by atoms with Crippen molar-refractivity contribution in [3.63, 3.8) is 0 Å². The van der Waals surface area contributed by atoms with Crippen LogP contribution in [0.1, 0.15) is 10.4 Å². The molecule has 0 atom stereocenters. The zero-order valence-corrected chi connectivity index (χ0v) is 13.2. The summed E-state index contributed by atoms with van der Waals surface area (Å²) in [5, 5.41) is 1.38. The maximum atomic E-state index is 13.6. The summed E-state index contributed by atoms with van der Waals surface area (Å²) >= 11 is 5.66. The monoisotopic (exact) mass is 401 g/mol. The molecule has 2 N–H and O–H groups in total. The van der Waals surface area contributed by atoms with Gasteiger partial charge in [-0.15, -0.1) is 0 Å². The van der Waals surface area contributed by atoms with Crippen LogP contribution in [0.15, 0.2) is 23.1 Å². The first-order valence-electron chi connectivity index (χ1n) is 6.05. The summed E-state index contributed by atoms with van der Waals surface area (Å²) in [5.74, 6) is -13.6. The second-order valence-electron chi connectivity index (χ2n) is 4.52. The SMILES string of the molecule is O=C(Nc1cc(S(=O)(=O)O)ccc1Cl)c1c(F)c(F)c(F)c(F)c1F. The molecular formula is C13H5ClF5NO4S. The number of carbonyl (C=O) groups excluding carboxylic acids is 1. The van der Waals surface area contributed by atoms with Crippen LogP contribution < -0.4 is 5.32 Å². The van der Waals surface area contributed by atoms with Crippen LogP contribution in [0.2, 0.25) is 5.02 Å². The van der Waals surface area contributed by atoms with Crippen molar-refractivity contribution in [2.45, 2.75) is 4.90 Å². The van der Waals surface area contributed by atoms with E-state index in [2.05, 4.69) is 0 Å². The van der Waals surface area contributed by atoms with Gasteiger partial charge in [-0.1, -0.05) is 11.6 Å². The lowest BCUT2D eigenvalue weighted by molar-refractivity contribution is 0.101. The minimum atomic E-state index is -4.71. The third kappa shape index (κ3) is 3.57. The van der Waals surface area contributed by atoms with Gasteiger partial charge in [-0.25, -0.2) is 22.0 Å². The van der Waals surface area contributed by atoms with Crippen LogP contribution in [0.25, 0.3) is 0 Å². The molecule has 5 nitrogen and oxygen atoms in total. The highest BCUT2D eigenvalue weighted by molar-refractivity contribution is 7.85. The summed E-state index contributed by atoms with van der Waals surface area (Å²) < 4.78 is 97.3. The number of carbonyl (C=O) groups is 1. The molecule has 2 aromatic rings. The van der Waals surface area contributed by atoms with Gasteiger partial charge in [0.2, 0.25) is 5.82 Å². The van der Waals surface area contributed by atoms with Gasteiger partial charge in [-0.05, 0) is 18.2 Å². The Labute approximate surface area is 141 Å². The molecule has 2 aromatic carbocycles. The molecule has 134 valence electrons. The van der Waals surface area contributed by atoms with E-state index in [1.165, 1.54) is 0 Å². The van der Waals surface area contributed by atoms with Crippen molar-refractivity contribution in [3.05, 3.63) is 57.9 Å². The average Bonchev–Trinajstić information content (AvgIpc) is 2.52. The van der Waals surface area contributed by atoms with Gasteiger partial charge >= 0.3 is 0 Å². The number of amides is 1. The second kappa shape index (κ2) is 6.58. The summed E-state index contributed by atoms with van der Waals surface area (Å²) in [5.41, 5.74) is -2.34. The molecule has 0 saturated carbocycles. The molecule has 0 heterocycles. The zero-order valence-electron chi connectivity index (χ0n) is 11.6. The minimum Gasteiger partial charge on any atom is -0.320 e. The molecule has 0 unspecified atom stereocenters. The van der Waals surface area contributed by atoms with Crippen LogP contribution >= 0.6 is 11.6 Å². The lowest BCUT2D eigenvalue weighted by Gasteiger charge is -2.11. The van der Waals surface area contributed by atoms with Gasteiger partial charge in [0.25, 0.3) is 16.0 Å². The Morgan fingerprint density at radius 1 is 0.960 bits per heavy atom. The molecule has 0 spiro atoms. The van der Waals surface area contributed by atoms with E-state index in [1.54, 1.807) is 5.32 Å². The molecule has 25 heavy (non-hydrogen) atoms. The zero-order chi connectivity index (χ0) is 19.1. The first-order chi connectivity index (χ1) is 11.4. The van der Waals surface area contributed by atoms with Gasteiger partial charge in [0, 0.05) is 0 Å². The molecule has 0 saturated heterocycles. The van der Waals surface area contributed by atoms with Gasteiger partial charge in [0.1, 0.15) is 5.56 Å². The number of hydrogen-bond donors (Lipinski definition) is 2. The molecule has 1 amide bonds. The van der Waals surface area contributed by atoms with Crippen molar-refractivity contribution in [2.75, 3.05) is 5.32 Å². The Morgan fingerprint density at radius 3 is 1.92 bits per heavy atom. The minimum absolute atomic E-state index is 0.329. The largest absolute Gasteiger partial charge is 0.320 e. The van der Waals surface area contributed by atoms with Crippen LogP contribution in [0.5, 0.6) is 0 Å². The van der Waals surface area contributed by atoms with Crippen molar-refractivity contribution in [1.82, 2.24) is 0 Å². The number of hydrogen-bond acceptors (Lipinski definition) is 3. The fourth-order valence-corrected chi connectivity index (χ4v) is 2.42. The highest BCUT2D eigenvalue weighted by Crippen LogP contribution is 2.28. The number of rotatable bonds is 3. The van der Waals surface area contributed by atoms with Gasteiger partial charge in [-0.3, -0.25) is 9.35 Å². The lowest BCUT2D eigenvalue weighted by atomic mass is 10.1. The van der Waals surface area contributed by atoms with E-state index in [0.717, 1.165) is 12.1 Å². The van der Waals surface area contributed by atoms with E-state index in [9.17, 15) is 35.2 Å². The van der Waals surface area contributed by atoms with Crippen molar-refractivity contribution < 1.29 is 39.7 Å². The highest BCUT2D eigenvalue weighted by Gasteiger charge is 2.30. The van der Waals surface area contributed by atoms with E-state index in [-0.39, 0.29) is 5.02 Å². The predicted molar refractivity (Wildman–Crippen MR) is 75.5 cm³/mol. The Kier molecular flexibility index (Phi) is 5.02. The fraction of sp³-hybridized carbons (Fsp3) is 0. The number of halogens is 6. The van der Waals surface area contributed by atoms with E-state index in [0.29, 0.717) is 6.07 Å². The third-order valence-electron chi connectivity index (χ3n) is 2.92. The predicted octanol–water partition coefficient (Wildman–Crippen LogP) is 3.53. The summed E-state index contributed by atoms with van der Waals surface area (Å²) in [6, 6.07) is 2.39. The first kappa shape index (κ1) is 19.1. The Morgan fingerprint density at radius 2 is 1.44 bits per heavy atom. The molecule has 0 aliphatic carbocycles. The maximum absolute atomic E-state index is 13.6. The van der Waals surface area contributed by atoms with Crippen molar-refractivity contribution in [3.8, 4) is 0 Å². The van der Waals surface area contributed by atoms with Gasteiger partial charge in [0.15, 0.2) is 23.3 Å². The third-order valence-corrected chi connectivity index (χ3v) is 4.10. The molecule has 0 aromatic heterocycles. The van der Waals surface area contributed by atoms with Crippen molar-refractivity contribution >= 4 is 33.3 Å². The molecule has 12 heteroatoms. The topological polar surface area (TPSA) is 83.5 Å². The molecule has 2 rings (SSSR count). The Hall–Kier alpha value is -2.24. The number of anilines is 1. The van der Waals surface area contributed by atoms with E-state index in [4.69, 9.17) is 16.2 Å². The first-order valence-corrected chi connectivity index (χ1v) is 7.86. The van der Waals surface area contributed by atoms with Crippen molar-refractivity contribution in [2.24, 2.45) is 0 Å². The number of nitrogens with one attached hydrogen (secondary N) is 1. The van der Waals surface area contributed by atoms with E-state index in [1.807, 2.05) is 0 Å². The molecule has 0 radical (unpaired) electrons. The van der Waals surface area contributed by atoms with Crippen LogP contribution in [-0.2, 0) is 10.1 Å². The van der Waals surface area contributed by atoms with Crippen LogP contribution in [0.4, 0.5) is 27.6 Å². The molecule has 0 bridgehead atoms. The summed E-state index contributed by atoms with van der Waals surface area (Å²) in [4.78, 5) is 11.1. The van der Waals surface area contributed by atoms with Crippen LogP contribution in [0.3, 0.4) is 0 Å². The lowest BCUT2D eigenvalue weighted by Crippen LogP contribution is -2.19. The maximum Gasteiger partial charge on any atom is 0.294 e. The summed E-state index contributed by atoms with van der Waals surface area (Å²) in [6.07, 6.45) is 0. The normalized spacial score (nSPS) is 11.5. The smallest absolute Gasteiger partial charge is 0.294 e. The van der Waals surface area contributed by atoms with E-state index < -0.39 is 61.3 Å². The van der Waals surface area contributed by atoms with Gasteiger partial charge < -0.3 is 5.32 Å². The van der Waals surface area contributed by atoms with Crippen LogP contribution in [0, 0.1) is 29.1 Å². The highest BCUT2D eigenvalue weighted by atomic mass is 35.5. The molecule has 0 aliphatic rings.